The van der Waals surface area contributed by atoms with Crippen LogP contribution < -0.4 is 10.1 Å². The second-order valence-corrected chi connectivity index (χ2v) is 6.64. The van der Waals surface area contributed by atoms with Crippen molar-refractivity contribution in [1.82, 2.24) is 0 Å². The van der Waals surface area contributed by atoms with Gasteiger partial charge in [-0.05, 0) is 73.5 Å². The number of aliphatic hydroxyl groups excluding tert-OH is 1. The number of aryl methyl sites for hydroxylation is 2. The second kappa shape index (κ2) is 8.29. The van der Waals surface area contributed by atoms with E-state index in [1.54, 1.807) is 30.3 Å². The highest BCUT2D eigenvalue weighted by atomic mass is 35.5. The molecule has 0 saturated carbocycles. The smallest absolute Gasteiger partial charge is 0.262 e. The number of furan rings is 1. The topological polar surface area (TPSA) is 71.7 Å². The summed E-state index contributed by atoms with van der Waals surface area (Å²) < 4.78 is 11.1. The number of nitrogens with one attached hydrogen (secondary N) is 1. The van der Waals surface area contributed by atoms with Crippen LogP contribution in [0.4, 0.5) is 5.69 Å². The molecule has 0 aliphatic heterocycles. The van der Waals surface area contributed by atoms with Crippen LogP contribution in [0.5, 0.6) is 5.75 Å². The minimum Gasteiger partial charge on any atom is -0.483 e. The third-order valence-corrected chi connectivity index (χ3v) is 4.32. The Bertz CT molecular complexity index is 965. The summed E-state index contributed by atoms with van der Waals surface area (Å²) in [5.74, 6) is 1.56. The molecule has 2 aromatic carbocycles. The van der Waals surface area contributed by atoms with Gasteiger partial charge < -0.3 is 19.6 Å². The summed E-state index contributed by atoms with van der Waals surface area (Å²) in [6.07, 6.45) is 0. The first-order valence-electron chi connectivity index (χ1n) is 8.45. The maximum Gasteiger partial charge on any atom is 0.262 e. The fraction of sp³-hybridized carbons (Fsp3) is 0.190. The van der Waals surface area contributed by atoms with Gasteiger partial charge in [-0.2, -0.15) is 0 Å². The van der Waals surface area contributed by atoms with Crippen LogP contribution in [-0.2, 0) is 11.4 Å². The van der Waals surface area contributed by atoms with Crippen molar-refractivity contribution in [1.29, 1.82) is 0 Å². The Morgan fingerprint density at radius 3 is 2.59 bits per heavy atom. The Morgan fingerprint density at radius 1 is 1.11 bits per heavy atom. The number of rotatable bonds is 6. The van der Waals surface area contributed by atoms with Gasteiger partial charge in [0.1, 0.15) is 23.9 Å². The highest BCUT2D eigenvalue weighted by Gasteiger charge is 2.10. The van der Waals surface area contributed by atoms with Gasteiger partial charge in [0.05, 0.1) is 0 Å². The maximum atomic E-state index is 12.2. The molecule has 2 N–H and O–H groups in total. The summed E-state index contributed by atoms with van der Waals surface area (Å²) in [6.45, 7) is 3.57. The number of amides is 1. The van der Waals surface area contributed by atoms with Crippen LogP contribution >= 0.6 is 11.6 Å². The molecule has 6 heteroatoms. The van der Waals surface area contributed by atoms with E-state index in [2.05, 4.69) is 5.32 Å². The Kier molecular flexibility index (Phi) is 5.84. The Labute approximate surface area is 162 Å². The number of hydrogen-bond acceptors (Lipinski definition) is 4. The van der Waals surface area contributed by atoms with Crippen LogP contribution in [0.15, 0.2) is 52.9 Å². The molecule has 27 heavy (non-hydrogen) atoms. The van der Waals surface area contributed by atoms with Crippen LogP contribution in [0, 0.1) is 13.8 Å². The standard InChI is InChI=1S/C21H20ClNO4/c1-13-10-16(4-6-18(13)20-8-5-17(11-24)27-20)23-21(25)12-26-19-7-3-15(22)9-14(19)2/h3-10,24H,11-12H2,1-2H3,(H,23,25). The van der Waals surface area contributed by atoms with E-state index >= 15 is 0 Å². The Morgan fingerprint density at radius 2 is 1.93 bits per heavy atom. The molecule has 1 amide bonds. The van der Waals surface area contributed by atoms with Crippen molar-refractivity contribution >= 4 is 23.2 Å². The van der Waals surface area contributed by atoms with Gasteiger partial charge in [-0.15, -0.1) is 0 Å². The maximum absolute atomic E-state index is 12.2. The summed E-state index contributed by atoms with van der Waals surface area (Å²) in [4.78, 5) is 12.2. The highest BCUT2D eigenvalue weighted by molar-refractivity contribution is 6.30. The van der Waals surface area contributed by atoms with E-state index in [1.165, 1.54) is 0 Å². The lowest BCUT2D eigenvalue weighted by atomic mass is 10.1. The third kappa shape index (κ3) is 4.70. The minimum atomic E-state index is -0.253. The van der Waals surface area contributed by atoms with Crippen molar-refractivity contribution < 1.29 is 19.1 Å². The summed E-state index contributed by atoms with van der Waals surface area (Å²) in [5, 5.41) is 12.6. The lowest BCUT2D eigenvalue weighted by molar-refractivity contribution is -0.118. The van der Waals surface area contributed by atoms with Crippen molar-refractivity contribution in [2.45, 2.75) is 20.5 Å². The second-order valence-electron chi connectivity index (χ2n) is 6.20. The van der Waals surface area contributed by atoms with E-state index < -0.39 is 0 Å². The van der Waals surface area contributed by atoms with Crippen LogP contribution in [0.1, 0.15) is 16.9 Å². The summed E-state index contributed by atoms with van der Waals surface area (Å²) in [5.41, 5.74) is 3.39. The zero-order chi connectivity index (χ0) is 19.4. The lowest BCUT2D eigenvalue weighted by Gasteiger charge is -2.11. The van der Waals surface area contributed by atoms with E-state index in [1.807, 2.05) is 32.0 Å². The quantitative estimate of drug-likeness (QED) is 0.643. The summed E-state index contributed by atoms with van der Waals surface area (Å²) in [6, 6.07) is 14.3. The number of hydrogen-bond donors (Lipinski definition) is 2. The minimum absolute atomic E-state index is 0.0959. The van der Waals surface area contributed by atoms with Gasteiger partial charge in [-0.1, -0.05) is 11.6 Å². The van der Waals surface area contributed by atoms with Crippen molar-refractivity contribution in [2.75, 3.05) is 11.9 Å². The summed E-state index contributed by atoms with van der Waals surface area (Å²) in [7, 11) is 0. The number of carbonyl (C=O) groups is 1. The monoisotopic (exact) mass is 385 g/mol. The first-order chi connectivity index (χ1) is 13.0. The van der Waals surface area contributed by atoms with Crippen molar-refractivity contribution in [3.63, 3.8) is 0 Å². The number of carbonyl (C=O) groups excluding carboxylic acids is 1. The average molecular weight is 386 g/mol. The first-order valence-corrected chi connectivity index (χ1v) is 8.83. The summed E-state index contributed by atoms with van der Waals surface area (Å²) >= 11 is 5.91. The van der Waals surface area contributed by atoms with Crippen LogP contribution in [-0.4, -0.2) is 17.6 Å². The molecule has 0 aliphatic rings. The molecule has 0 saturated heterocycles. The molecule has 3 aromatic rings. The van der Waals surface area contributed by atoms with Crippen molar-refractivity contribution in [3.8, 4) is 17.1 Å². The first kappa shape index (κ1) is 19.0. The van der Waals surface area contributed by atoms with Gasteiger partial charge in [0.2, 0.25) is 0 Å². The van der Waals surface area contributed by atoms with Gasteiger partial charge in [0.15, 0.2) is 6.61 Å². The SMILES string of the molecule is Cc1cc(Cl)ccc1OCC(=O)Nc1ccc(-c2ccc(CO)o2)c(C)c1. The van der Waals surface area contributed by atoms with Crippen molar-refractivity contribution in [3.05, 3.63) is 70.4 Å². The molecule has 0 bridgehead atoms. The predicted molar refractivity (Wildman–Crippen MR) is 105 cm³/mol. The molecule has 0 atom stereocenters. The van der Waals surface area contributed by atoms with Crippen LogP contribution in [0.3, 0.4) is 0 Å². The van der Waals surface area contributed by atoms with Gasteiger partial charge >= 0.3 is 0 Å². The van der Waals surface area contributed by atoms with Gasteiger partial charge in [0.25, 0.3) is 5.91 Å². The molecule has 140 valence electrons. The van der Waals surface area contributed by atoms with Gasteiger partial charge in [0, 0.05) is 16.3 Å². The van der Waals surface area contributed by atoms with Gasteiger partial charge in [-0.25, -0.2) is 0 Å². The fourth-order valence-corrected chi connectivity index (χ4v) is 2.97. The fourth-order valence-electron chi connectivity index (χ4n) is 2.74. The number of ether oxygens (including phenoxy) is 1. The number of anilines is 1. The zero-order valence-corrected chi connectivity index (χ0v) is 15.8. The third-order valence-electron chi connectivity index (χ3n) is 4.09. The molecular weight excluding hydrogens is 366 g/mol. The van der Waals surface area contributed by atoms with E-state index in [4.69, 9.17) is 25.9 Å². The largest absolute Gasteiger partial charge is 0.483 e. The molecular formula is C21H20ClNO4. The van der Waals surface area contributed by atoms with E-state index in [0.717, 1.165) is 16.7 Å². The molecule has 1 aromatic heterocycles. The molecule has 0 unspecified atom stereocenters. The van der Waals surface area contributed by atoms with E-state index in [0.29, 0.717) is 28.0 Å². The number of halogens is 1. The van der Waals surface area contributed by atoms with Crippen LogP contribution in [0.25, 0.3) is 11.3 Å². The zero-order valence-electron chi connectivity index (χ0n) is 15.1. The average Bonchev–Trinajstić information content (AvgIpc) is 3.10. The molecule has 5 nitrogen and oxygen atoms in total. The Balaban J connectivity index is 1.63. The molecule has 0 spiro atoms. The highest BCUT2D eigenvalue weighted by Crippen LogP contribution is 2.28. The molecule has 1 heterocycles. The number of aliphatic hydroxyl groups is 1. The Hall–Kier alpha value is -2.76. The molecule has 0 fully saturated rings. The molecule has 0 aliphatic carbocycles. The van der Waals surface area contributed by atoms with Gasteiger partial charge in [-0.3, -0.25) is 4.79 Å². The normalized spacial score (nSPS) is 10.7. The predicted octanol–water partition coefficient (Wildman–Crippen LogP) is 4.73. The van der Waals surface area contributed by atoms with Crippen LogP contribution in [0.2, 0.25) is 5.02 Å². The molecule has 3 rings (SSSR count). The lowest BCUT2D eigenvalue weighted by Crippen LogP contribution is -2.20. The molecule has 0 radical (unpaired) electrons. The van der Waals surface area contributed by atoms with E-state index in [9.17, 15) is 4.79 Å². The van der Waals surface area contributed by atoms with Crippen molar-refractivity contribution in [2.24, 2.45) is 0 Å². The number of benzene rings is 2. The van der Waals surface area contributed by atoms with E-state index in [-0.39, 0.29) is 19.1 Å².